The third-order valence-electron chi connectivity index (χ3n) is 2.06. The molecule has 4 heteroatoms. The van der Waals surface area contributed by atoms with Crippen molar-refractivity contribution < 1.29 is 4.79 Å². The standard InChI is InChI=1S/C10H11N3O/c1-2-9(14)13-8-4-6-12-10-7(8)3-5-11-10/h3-6H,2H2,1H3,(H2,11,12,13,14). The van der Waals surface area contributed by atoms with E-state index in [9.17, 15) is 4.79 Å². The fraction of sp³-hybridized carbons (Fsp3) is 0.200. The van der Waals surface area contributed by atoms with Crippen molar-refractivity contribution in [3.05, 3.63) is 24.5 Å². The molecule has 0 aliphatic rings. The van der Waals surface area contributed by atoms with E-state index in [0.717, 1.165) is 16.7 Å². The maximum Gasteiger partial charge on any atom is 0.224 e. The second-order valence-corrected chi connectivity index (χ2v) is 3.00. The zero-order valence-corrected chi connectivity index (χ0v) is 7.87. The van der Waals surface area contributed by atoms with Crippen molar-refractivity contribution in [3.8, 4) is 0 Å². The first-order valence-electron chi connectivity index (χ1n) is 4.53. The second kappa shape index (κ2) is 3.49. The molecule has 0 unspecified atom stereocenters. The number of H-pyrrole nitrogens is 1. The Labute approximate surface area is 81.3 Å². The van der Waals surface area contributed by atoms with E-state index < -0.39 is 0 Å². The molecule has 2 heterocycles. The molecule has 2 rings (SSSR count). The lowest BCUT2D eigenvalue weighted by atomic mass is 10.3. The van der Waals surface area contributed by atoms with Crippen LogP contribution in [0.3, 0.4) is 0 Å². The number of hydrogen-bond acceptors (Lipinski definition) is 2. The summed E-state index contributed by atoms with van der Waals surface area (Å²) in [6, 6.07) is 3.69. The van der Waals surface area contributed by atoms with Gasteiger partial charge >= 0.3 is 0 Å². The van der Waals surface area contributed by atoms with Gasteiger partial charge in [0.05, 0.1) is 5.69 Å². The number of nitrogens with zero attached hydrogens (tertiary/aromatic N) is 1. The number of amides is 1. The number of nitrogens with one attached hydrogen (secondary N) is 2. The van der Waals surface area contributed by atoms with Crippen LogP contribution < -0.4 is 5.32 Å². The Morgan fingerprint density at radius 1 is 1.57 bits per heavy atom. The Hall–Kier alpha value is -1.84. The molecule has 14 heavy (non-hydrogen) atoms. The molecule has 0 spiro atoms. The smallest absolute Gasteiger partial charge is 0.224 e. The zero-order valence-electron chi connectivity index (χ0n) is 7.87. The van der Waals surface area contributed by atoms with Gasteiger partial charge in [0.2, 0.25) is 5.91 Å². The number of carbonyl (C=O) groups is 1. The maximum atomic E-state index is 11.2. The average Bonchev–Trinajstić information content (AvgIpc) is 2.66. The Kier molecular flexibility index (Phi) is 2.18. The predicted octanol–water partition coefficient (Wildman–Crippen LogP) is 1.91. The van der Waals surface area contributed by atoms with Gasteiger partial charge in [0.25, 0.3) is 0 Å². The summed E-state index contributed by atoms with van der Waals surface area (Å²) >= 11 is 0. The summed E-state index contributed by atoms with van der Waals surface area (Å²) < 4.78 is 0. The van der Waals surface area contributed by atoms with Crippen molar-refractivity contribution >= 4 is 22.6 Å². The van der Waals surface area contributed by atoms with Gasteiger partial charge in [-0.15, -0.1) is 0 Å². The van der Waals surface area contributed by atoms with Gasteiger partial charge in [0, 0.05) is 24.2 Å². The summed E-state index contributed by atoms with van der Waals surface area (Å²) in [6.07, 6.45) is 3.96. The van der Waals surface area contributed by atoms with E-state index in [-0.39, 0.29) is 5.91 Å². The number of pyridine rings is 1. The van der Waals surface area contributed by atoms with Crippen LogP contribution >= 0.6 is 0 Å². The normalized spacial score (nSPS) is 10.4. The molecule has 4 nitrogen and oxygen atoms in total. The first-order chi connectivity index (χ1) is 6.81. The molecule has 0 atom stereocenters. The number of aromatic amines is 1. The zero-order chi connectivity index (χ0) is 9.97. The molecule has 1 amide bonds. The molecule has 0 aliphatic heterocycles. The fourth-order valence-electron chi connectivity index (χ4n) is 1.31. The van der Waals surface area contributed by atoms with E-state index in [1.807, 2.05) is 13.0 Å². The topological polar surface area (TPSA) is 57.8 Å². The third kappa shape index (κ3) is 1.46. The van der Waals surface area contributed by atoms with Gasteiger partial charge in [-0.2, -0.15) is 0 Å². The van der Waals surface area contributed by atoms with Crippen LogP contribution in [-0.2, 0) is 4.79 Å². The summed E-state index contributed by atoms with van der Waals surface area (Å²) in [5.41, 5.74) is 1.60. The fourth-order valence-corrected chi connectivity index (χ4v) is 1.31. The van der Waals surface area contributed by atoms with E-state index in [4.69, 9.17) is 0 Å². The number of rotatable bonds is 2. The minimum atomic E-state index is 0.0127. The number of fused-ring (bicyclic) bond motifs is 1. The van der Waals surface area contributed by atoms with E-state index in [2.05, 4.69) is 15.3 Å². The van der Waals surface area contributed by atoms with Crippen LogP contribution in [0.2, 0.25) is 0 Å². The van der Waals surface area contributed by atoms with Crippen molar-refractivity contribution in [3.63, 3.8) is 0 Å². The summed E-state index contributed by atoms with van der Waals surface area (Å²) in [4.78, 5) is 18.3. The lowest BCUT2D eigenvalue weighted by Crippen LogP contribution is -2.09. The molecule has 0 fully saturated rings. The summed E-state index contributed by atoms with van der Waals surface area (Å²) in [6.45, 7) is 1.82. The van der Waals surface area contributed by atoms with E-state index >= 15 is 0 Å². The van der Waals surface area contributed by atoms with Gasteiger partial charge < -0.3 is 10.3 Å². The van der Waals surface area contributed by atoms with Gasteiger partial charge in [-0.05, 0) is 12.1 Å². The second-order valence-electron chi connectivity index (χ2n) is 3.00. The molecule has 2 N–H and O–H groups in total. The Morgan fingerprint density at radius 3 is 3.21 bits per heavy atom. The molecule has 2 aromatic heterocycles. The van der Waals surface area contributed by atoms with Gasteiger partial charge in [-0.25, -0.2) is 4.98 Å². The Balaban J connectivity index is 2.41. The average molecular weight is 189 g/mol. The van der Waals surface area contributed by atoms with Crippen molar-refractivity contribution in [2.45, 2.75) is 13.3 Å². The van der Waals surface area contributed by atoms with Crippen LogP contribution in [-0.4, -0.2) is 15.9 Å². The van der Waals surface area contributed by atoms with Crippen molar-refractivity contribution in [1.82, 2.24) is 9.97 Å². The molecule has 2 aromatic rings. The SMILES string of the molecule is CCC(=O)Nc1ccnc2[nH]ccc12. The largest absolute Gasteiger partial charge is 0.346 e. The number of carbonyl (C=O) groups excluding carboxylic acids is 1. The van der Waals surface area contributed by atoms with Gasteiger partial charge in [-0.3, -0.25) is 4.79 Å². The first-order valence-corrected chi connectivity index (χ1v) is 4.53. The number of aromatic nitrogens is 2. The summed E-state index contributed by atoms with van der Waals surface area (Å²) in [7, 11) is 0. The minimum absolute atomic E-state index is 0.0127. The highest BCUT2D eigenvalue weighted by Crippen LogP contribution is 2.19. The van der Waals surface area contributed by atoms with Gasteiger partial charge in [0.1, 0.15) is 5.65 Å². The van der Waals surface area contributed by atoms with E-state index in [0.29, 0.717) is 6.42 Å². The van der Waals surface area contributed by atoms with E-state index in [1.165, 1.54) is 0 Å². The molecule has 0 bridgehead atoms. The molecule has 0 aliphatic carbocycles. The Bertz CT molecular complexity index is 461. The summed E-state index contributed by atoms with van der Waals surface area (Å²) in [5, 5.41) is 3.76. The highest BCUT2D eigenvalue weighted by molar-refractivity contribution is 5.99. The first kappa shape index (κ1) is 8.74. The van der Waals surface area contributed by atoms with Crippen LogP contribution in [0.5, 0.6) is 0 Å². The van der Waals surface area contributed by atoms with Gasteiger partial charge in [0.15, 0.2) is 0 Å². The molecular weight excluding hydrogens is 178 g/mol. The van der Waals surface area contributed by atoms with Gasteiger partial charge in [-0.1, -0.05) is 6.92 Å². The maximum absolute atomic E-state index is 11.2. The number of hydrogen-bond donors (Lipinski definition) is 2. The molecular formula is C10H11N3O. The quantitative estimate of drug-likeness (QED) is 0.758. The van der Waals surface area contributed by atoms with Crippen molar-refractivity contribution in [2.24, 2.45) is 0 Å². The van der Waals surface area contributed by atoms with Crippen molar-refractivity contribution in [1.29, 1.82) is 0 Å². The monoisotopic (exact) mass is 189 g/mol. The van der Waals surface area contributed by atoms with Crippen LogP contribution in [0.25, 0.3) is 11.0 Å². The number of anilines is 1. The molecule has 0 saturated heterocycles. The molecule has 0 saturated carbocycles. The molecule has 0 radical (unpaired) electrons. The van der Waals surface area contributed by atoms with Crippen LogP contribution in [0.15, 0.2) is 24.5 Å². The minimum Gasteiger partial charge on any atom is -0.346 e. The van der Waals surface area contributed by atoms with Crippen molar-refractivity contribution in [2.75, 3.05) is 5.32 Å². The highest BCUT2D eigenvalue weighted by Gasteiger charge is 2.04. The third-order valence-corrected chi connectivity index (χ3v) is 2.06. The van der Waals surface area contributed by atoms with Crippen LogP contribution in [0.4, 0.5) is 5.69 Å². The van der Waals surface area contributed by atoms with E-state index in [1.54, 1.807) is 18.5 Å². The predicted molar refractivity (Wildman–Crippen MR) is 55.0 cm³/mol. The Morgan fingerprint density at radius 2 is 2.43 bits per heavy atom. The molecule has 72 valence electrons. The van der Waals surface area contributed by atoms with Crippen LogP contribution in [0.1, 0.15) is 13.3 Å². The summed E-state index contributed by atoms with van der Waals surface area (Å²) in [5.74, 6) is 0.0127. The highest BCUT2D eigenvalue weighted by atomic mass is 16.1. The lowest BCUT2D eigenvalue weighted by molar-refractivity contribution is -0.115. The molecule has 0 aromatic carbocycles. The van der Waals surface area contributed by atoms with Crippen LogP contribution in [0, 0.1) is 0 Å². The lowest BCUT2D eigenvalue weighted by Gasteiger charge is -2.03.